The maximum Gasteiger partial charge on any atom is 0.308 e. The van der Waals surface area contributed by atoms with Gasteiger partial charge in [-0.15, -0.1) is 0 Å². The number of hydrogen-bond donors (Lipinski definition) is 0. The van der Waals surface area contributed by atoms with Crippen molar-refractivity contribution in [2.45, 2.75) is 334 Å². The van der Waals surface area contributed by atoms with Crippen LogP contribution < -0.4 is 0 Å². The molecule has 0 aromatic heterocycles. The minimum Gasteiger partial charge on any atom is -0.463 e. The van der Waals surface area contributed by atoms with E-state index >= 15 is 0 Å². The summed E-state index contributed by atoms with van der Waals surface area (Å²) in [4.78, 5) is 55.0. The van der Waals surface area contributed by atoms with E-state index in [9.17, 15) is 19.2 Å². The maximum atomic E-state index is 13.5. The molecule has 1 aliphatic rings. The van der Waals surface area contributed by atoms with Crippen LogP contribution in [0.2, 0.25) is 0 Å². The van der Waals surface area contributed by atoms with Crippen LogP contribution in [0.4, 0.5) is 0 Å². The third kappa shape index (κ3) is 43.4. The summed E-state index contributed by atoms with van der Waals surface area (Å²) >= 11 is 0. The first-order chi connectivity index (χ1) is 36.2. The van der Waals surface area contributed by atoms with Crippen molar-refractivity contribution in [1.82, 2.24) is 4.90 Å². The predicted octanol–water partition coefficient (Wildman–Crippen LogP) is 17.9. The Balaban J connectivity index is 2.78. The lowest BCUT2D eigenvalue weighted by Crippen LogP contribution is -2.42. The lowest BCUT2D eigenvalue weighted by Gasteiger charge is -2.24. The first-order valence-electron chi connectivity index (χ1n) is 31.6. The van der Waals surface area contributed by atoms with Gasteiger partial charge in [0.1, 0.15) is 12.7 Å². The van der Waals surface area contributed by atoms with Gasteiger partial charge in [-0.1, -0.05) is 238 Å². The molecule has 0 radical (unpaired) electrons. The Morgan fingerprint density at radius 3 is 1.00 bits per heavy atom. The molecule has 1 saturated heterocycles. The molecule has 1 heterocycles. The number of esters is 4. The van der Waals surface area contributed by atoms with Crippen molar-refractivity contribution in [1.29, 1.82) is 0 Å². The molecule has 1 unspecified atom stereocenters. The van der Waals surface area contributed by atoms with E-state index in [0.29, 0.717) is 25.8 Å². The van der Waals surface area contributed by atoms with Gasteiger partial charge in [0.25, 0.3) is 0 Å². The van der Waals surface area contributed by atoms with Gasteiger partial charge in [0.05, 0.1) is 6.42 Å². The summed E-state index contributed by atoms with van der Waals surface area (Å²) in [5.74, 6) is -1.78. The zero-order valence-electron chi connectivity index (χ0n) is 49.0. The van der Waals surface area contributed by atoms with Gasteiger partial charge in [0.2, 0.25) is 12.4 Å². The molecule has 0 amide bonds. The smallest absolute Gasteiger partial charge is 0.308 e. The molecule has 0 bridgehead atoms. The second kappa shape index (κ2) is 52.3. The number of carbonyl (C=O) groups is 4. The third-order valence-corrected chi connectivity index (χ3v) is 14.5. The Morgan fingerprint density at radius 2 is 0.662 bits per heavy atom. The zero-order valence-corrected chi connectivity index (χ0v) is 49.0. The molecule has 1 aliphatic heterocycles. The Kier molecular flexibility index (Phi) is 49.0. The largest absolute Gasteiger partial charge is 0.463 e. The number of unbranched alkanes of at least 4 members (excludes halogenated alkanes) is 36. The highest BCUT2D eigenvalue weighted by molar-refractivity contribution is 5.72. The van der Waals surface area contributed by atoms with Gasteiger partial charge in [-0.2, -0.15) is 0 Å². The predicted molar refractivity (Wildman–Crippen MR) is 307 cm³/mol. The third-order valence-electron chi connectivity index (χ3n) is 14.5. The van der Waals surface area contributed by atoms with Gasteiger partial charge in [-0.3, -0.25) is 19.2 Å². The van der Waals surface area contributed by atoms with E-state index in [0.717, 1.165) is 83.5 Å². The van der Waals surface area contributed by atoms with Crippen molar-refractivity contribution in [3.63, 3.8) is 0 Å². The maximum absolute atomic E-state index is 13.5. The standard InChI is InChI=1S/C64H117NO9/c1-6-9-12-15-18-21-24-27-30-33-36-39-42-45-48-51-59(67)72-62-57(56-70-58(66)54-55-65(4)5)71-64(74-61(69)53-50-47-44-41-38-35-32-29-26-23-20-17-14-11-8-3)63(62)73-60(68)52-49-46-43-40-37-34-31-28-25-22-19-16-13-10-7-2/h27,29-30,32,57,62-64H,6-26,28,31,33-56H2,1-5H3/b30-27-,32-29-/t57-,62?,63+,64+/m1/s1. The molecule has 4 atom stereocenters. The minimum atomic E-state index is -1.29. The van der Waals surface area contributed by atoms with E-state index in [1.165, 1.54) is 161 Å². The normalized spacial score (nSPS) is 16.7. The highest BCUT2D eigenvalue weighted by Crippen LogP contribution is 2.30. The lowest BCUT2D eigenvalue weighted by molar-refractivity contribution is -0.200. The van der Waals surface area contributed by atoms with Gasteiger partial charge in [0.15, 0.2) is 6.10 Å². The van der Waals surface area contributed by atoms with E-state index in [1.54, 1.807) is 0 Å². The van der Waals surface area contributed by atoms with Crippen molar-refractivity contribution in [2.24, 2.45) is 0 Å². The Hall–Kier alpha value is -2.72. The molecule has 1 rings (SSSR count). The quantitative estimate of drug-likeness (QED) is 0.0252. The molecule has 0 aromatic carbocycles. The van der Waals surface area contributed by atoms with Crippen LogP contribution in [0.5, 0.6) is 0 Å². The van der Waals surface area contributed by atoms with Crippen molar-refractivity contribution in [3.8, 4) is 0 Å². The molecule has 432 valence electrons. The molecule has 10 nitrogen and oxygen atoms in total. The van der Waals surface area contributed by atoms with E-state index in [2.05, 4.69) is 45.1 Å². The Bertz CT molecular complexity index is 1370. The summed E-state index contributed by atoms with van der Waals surface area (Å²) in [6.45, 7) is 7.06. The van der Waals surface area contributed by atoms with Crippen molar-refractivity contribution in [3.05, 3.63) is 24.3 Å². The molecule has 0 spiro atoms. The molecule has 74 heavy (non-hydrogen) atoms. The van der Waals surface area contributed by atoms with Gasteiger partial charge < -0.3 is 28.6 Å². The number of nitrogens with zero attached hydrogens (tertiary/aromatic N) is 1. The van der Waals surface area contributed by atoms with Crippen LogP contribution in [0, 0.1) is 0 Å². The summed E-state index contributed by atoms with van der Waals surface area (Å²) < 4.78 is 29.9. The highest BCUT2D eigenvalue weighted by atomic mass is 16.8. The summed E-state index contributed by atoms with van der Waals surface area (Å²) in [6.07, 6.45) is 54.0. The molecule has 0 aliphatic carbocycles. The van der Waals surface area contributed by atoms with Crippen LogP contribution in [-0.2, 0) is 42.9 Å². The summed E-state index contributed by atoms with van der Waals surface area (Å²) in [5.41, 5.74) is 0. The molecular weight excluding hydrogens is 927 g/mol. The first kappa shape index (κ1) is 69.3. The lowest BCUT2D eigenvalue weighted by atomic mass is 10.0. The van der Waals surface area contributed by atoms with Crippen molar-refractivity contribution >= 4 is 23.9 Å². The fraction of sp³-hybridized carbons (Fsp3) is 0.875. The Labute approximate surface area is 455 Å². The number of rotatable bonds is 54. The van der Waals surface area contributed by atoms with Crippen molar-refractivity contribution in [2.75, 3.05) is 27.2 Å². The van der Waals surface area contributed by atoms with Crippen LogP contribution in [0.1, 0.15) is 310 Å². The number of hydrogen-bond acceptors (Lipinski definition) is 10. The van der Waals surface area contributed by atoms with Crippen LogP contribution in [0.25, 0.3) is 0 Å². The summed E-state index contributed by atoms with van der Waals surface area (Å²) in [6, 6.07) is 0. The molecule has 1 fully saturated rings. The molecular formula is C64H117NO9. The Morgan fingerprint density at radius 1 is 0.365 bits per heavy atom. The number of carbonyl (C=O) groups excluding carboxylic acids is 4. The molecule has 0 aromatic rings. The average Bonchev–Trinajstić information content (AvgIpc) is 3.69. The molecule has 0 saturated carbocycles. The molecule has 10 heteroatoms. The van der Waals surface area contributed by atoms with E-state index in [1.807, 2.05) is 19.0 Å². The SMILES string of the molecule is CCCCCCCC/C=C\CCCCCCCC(=O)OC1[C@@H](COC(=O)CCN(C)C)O[C@@H](OC(=O)CCCCCCC/C=C\CCCCCCCC)[C@H]1OC(=O)CCCCCCCCCCCCCCCCC. The monoisotopic (exact) mass is 1040 g/mol. The van der Waals surface area contributed by atoms with E-state index in [-0.39, 0.29) is 32.3 Å². The zero-order chi connectivity index (χ0) is 53.8. The highest BCUT2D eigenvalue weighted by Gasteiger charge is 2.52. The summed E-state index contributed by atoms with van der Waals surface area (Å²) in [5, 5.41) is 0. The average molecular weight is 1040 g/mol. The van der Waals surface area contributed by atoms with Crippen LogP contribution in [0.3, 0.4) is 0 Å². The second-order valence-electron chi connectivity index (χ2n) is 22.0. The van der Waals surface area contributed by atoms with Crippen molar-refractivity contribution < 1.29 is 42.9 Å². The van der Waals surface area contributed by atoms with Gasteiger partial charge in [-0.05, 0) is 84.7 Å². The summed E-state index contributed by atoms with van der Waals surface area (Å²) in [7, 11) is 3.76. The van der Waals surface area contributed by atoms with Gasteiger partial charge >= 0.3 is 23.9 Å². The van der Waals surface area contributed by atoms with Crippen LogP contribution in [-0.4, -0.2) is 80.6 Å². The minimum absolute atomic E-state index is 0.172. The first-order valence-corrected chi connectivity index (χ1v) is 31.6. The van der Waals surface area contributed by atoms with E-state index in [4.69, 9.17) is 23.7 Å². The fourth-order valence-corrected chi connectivity index (χ4v) is 9.68. The topological polar surface area (TPSA) is 118 Å². The van der Waals surface area contributed by atoms with E-state index < -0.39 is 48.5 Å². The molecule has 0 N–H and O–H groups in total. The van der Waals surface area contributed by atoms with Crippen LogP contribution in [0.15, 0.2) is 24.3 Å². The second-order valence-corrected chi connectivity index (χ2v) is 22.0. The van der Waals surface area contributed by atoms with Gasteiger partial charge in [0, 0.05) is 25.8 Å². The number of allylic oxidation sites excluding steroid dienone is 4. The number of ether oxygens (including phenoxy) is 5. The van der Waals surface area contributed by atoms with Crippen LogP contribution >= 0.6 is 0 Å². The fourth-order valence-electron chi connectivity index (χ4n) is 9.68. The van der Waals surface area contributed by atoms with Gasteiger partial charge in [-0.25, -0.2) is 0 Å².